The molecule has 0 fully saturated rings. The largest absolute Gasteiger partial charge is 0.468 e. The molecule has 0 saturated carbocycles. The number of ketones is 1. The quantitative estimate of drug-likeness (QED) is 0.356. The van der Waals surface area contributed by atoms with E-state index >= 15 is 0 Å². The van der Waals surface area contributed by atoms with E-state index in [4.69, 9.17) is 4.74 Å². The lowest BCUT2D eigenvalue weighted by atomic mass is 9.84. The van der Waals surface area contributed by atoms with E-state index in [0.29, 0.717) is 5.56 Å². The molecule has 2 rings (SSSR count). The first-order valence-corrected chi connectivity index (χ1v) is 7.13. The van der Waals surface area contributed by atoms with Crippen molar-refractivity contribution in [1.29, 1.82) is 0 Å². The third-order valence-corrected chi connectivity index (χ3v) is 3.83. The first-order chi connectivity index (χ1) is 10.6. The number of fused-ring (bicyclic) bond motifs is 1. The highest BCUT2D eigenvalue weighted by Crippen LogP contribution is 2.26. The maximum Gasteiger partial charge on any atom is 0.316 e. The van der Waals surface area contributed by atoms with Crippen LogP contribution in [0.3, 0.4) is 0 Å². The van der Waals surface area contributed by atoms with E-state index in [1.54, 1.807) is 19.1 Å². The molecule has 0 amide bonds. The average molecular weight is 298 g/mol. The van der Waals surface area contributed by atoms with Gasteiger partial charge in [-0.1, -0.05) is 49.4 Å². The van der Waals surface area contributed by atoms with Crippen molar-refractivity contribution in [2.24, 2.45) is 11.8 Å². The molecule has 4 heteroatoms. The molecule has 0 spiro atoms. The third kappa shape index (κ3) is 3.06. The normalized spacial score (nSPS) is 13.4. The summed E-state index contributed by atoms with van der Waals surface area (Å²) in [6.45, 7) is 1.71. The smallest absolute Gasteiger partial charge is 0.316 e. The molecule has 114 valence electrons. The van der Waals surface area contributed by atoms with Gasteiger partial charge in [0.15, 0.2) is 5.78 Å². The fourth-order valence-electron chi connectivity index (χ4n) is 2.62. The van der Waals surface area contributed by atoms with Crippen molar-refractivity contribution in [2.45, 2.75) is 13.3 Å². The number of esters is 1. The molecule has 0 aliphatic heterocycles. The summed E-state index contributed by atoms with van der Waals surface area (Å²) in [4.78, 5) is 35.6. The number of ether oxygens (including phenoxy) is 1. The van der Waals surface area contributed by atoms with Gasteiger partial charge in [0.1, 0.15) is 12.2 Å². The molecule has 2 atom stereocenters. The maximum atomic E-state index is 12.9. The lowest BCUT2D eigenvalue weighted by Crippen LogP contribution is -2.31. The second-order valence-electron chi connectivity index (χ2n) is 5.27. The summed E-state index contributed by atoms with van der Waals surface area (Å²) in [5, 5.41) is 1.72. The van der Waals surface area contributed by atoms with Gasteiger partial charge < -0.3 is 9.53 Å². The third-order valence-electron chi connectivity index (χ3n) is 3.83. The minimum absolute atomic E-state index is 0.135. The highest BCUT2D eigenvalue weighted by atomic mass is 16.5. The molecule has 2 unspecified atom stereocenters. The van der Waals surface area contributed by atoms with Gasteiger partial charge in [0, 0.05) is 12.0 Å². The molecule has 4 nitrogen and oxygen atoms in total. The van der Waals surface area contributed by atoms with E-state index < -0.39 is 17.8 Å². The summed E-state index contributed by atoms with van der Waals surface area (Å²) < 4.78 is 4.76. The van der Waals surface area contributed by atoms with Crippen LogP contribution in [-0.2, 0) is 14.3 Å². The number of rotatable bonds is 6. The summed E-state index contributed by atoms with van der Waals surface area (Å²) in [5.41, 5.74) is 0.478. The molecule has 2 aromatic rings. The highest BCUT2D eigenvalue weighted by molar-refractivity contribution is 6.15. The number of aldehydes is 1. The summed E-state index contributed by atoms with van der Waals surface area (Å²) in [6.07, 6.45) is 0.854. The lowest BCUT2D eigenvalue weighted by Gasteiger charge is -2.19. The topological polar surface area (TPSA) is 60.4 Å². The lowest BCUT2D eigenvalue weighted by molar-refractivity contribution is -0.145. The van der Waals surface area contributed by atoms with Crippen molar-refractivity contribution in [1.82, 2.24) is 0 Å². The van der Waals surface area contributed by atoms with E-state index in [1.807, 2.05) is 30.3 Å². The van der Waals surface area contributed by atoms with Crippen LogP contribution in [-0.4, -0.2) is 25.1 Å². The van der Waals surface area contributed by atoms with E-state index in [9.17, 15) is 14.4 Å². The van der Waals surface area contributed by atoms with Crippen LogP contribution >= 0.6 is 0 Å². The molecule has 0 bridgehead atoms. The van der Waals surface area contributed by atoms with Crippen LogP contribution < -0.4 is 0 Å². The van der Waals surface area contributed by atoms with Crippen LogP contribution in [0, 0.1) is 11.8 Å². The summed E-state index contributed by atoms with van der Waals surface area (Å²) in [6, 6.07) is 12.9. The first kappa shape index (κ1) is 15.9. The number of Topliss-reactive ketones (excluding diaryl/α,β-unsaturated/α-hetero) is 1. The monoisotopic (exact) mass is 298 g/mol. The molecule has 0 aliphatic rings. The van der Waals surface area contributed by atoms with Crippen LogP contribution in [0.2, 0.25) is 0 Å². The van der Waals surface area contributed by atoms with Crippen molar-refractivity contribution < 1.29 is 19.1 Å². The van der Waals surface area contributed by atoms with Crippen LogP contribution in [0.5, 0.6) is 0 Å². The van der Waals surface area contributed by atoms with Gasteiger partial charge in [0.25, 0.3) is 0 Å². The molecule has 0 N–H and O–H groups in total. The Morgan fingerprint density at radius 2 is 1.82 bits per heavy atom. The molecule has 2 aromatic carbocycles. The zero-order chi connectivity index (χ0) is 16.1. The SMILES string of the molecule is COC(=O)C(C(=O)c1cccc2ccccc12)C(C)CC=O. The van der Waals surface area contributed by atoms with Crippen molar-refractivity contribution in [3.8, 4) is 0 Å². The summed E-state index contributed by atoms with van der Waals surface area (Å²) in [5.74, 6) is -2.29. The second-order valence-corrected chi connectivity index (χ2v) is 5.27. The summed E-state index contributed by atoms with van der Waals surface area (Å²) in [7, 11) is 1.25. The number of carbonyl (C=O) groups excluding carboxylic acids is 3. The molecule has 22 heavy (non-hydrogen) atoms. The van der Waals surface area contributed by atoms with Gasteiger partial charge in [-0.2, -0.15) is 0 Å². The van der Waals surface area contributed by atoms with E-state index in [0.717, 1.165) is 17.1 Å². The maximum absolute atomic E-state index is 12.9. The van der Waals surface area contributed by atoms with Crippen molar-refractivity contribution in [3.05, 3.63) is 48.0 Å². The van der Waals surface area contributed by atoms with E-state index in [1.165, 1.54) is 7.11 Å². The van der Waals surface area contributed by atoms with Gasteiger partial charge in [-0.15, -0.1) is 0 Å². The average Bonchev–Trinajstić information content (AvgIpc) is 2.54. The van der Waals surface area contributed by atoms with Gasteiger partial charge >= 0.3 is 5.97 Å². The molecule has 0 aromatic heterocycles. The van der Waals surface area contributed by atoms with Gasteiger partial charge in [0.05, 0.1) is 7.11 Å². The Hall–Kier alpha value is -2.49. The fraction of sp³-hybridized carbons (Fsp3) is 0.278. The molecular weight excluding hydrogens is 280 g/mol. The Morgan fingerprint density at radius 1 is 1.14 bits per heavy atom. The van der Waals surface area contributed by atoms with Crippen LogP contribution in [0.25, 0.3) is 10.8 Å². The molecule has 0 saturated heterocycles. The number of hydrogen-bond donors (Lipinski definition) is 0. The molecule has 0 aliphatic carbocycles. The van der Waals surface area contributed by atoms with Gasteiger partial charge in [0.2, 0.25) is 0 Å². The minimum atomic E-state index is -0.971. The summed E-state index contributed by atoms with van der Waals surface area (Å²) >= 11 is 0. The Kier molecular flexibility index (Phi) is 5.04. The molecular formula is C18H18O4. The zero-order valence-corrected chi connectivity index (χ0v) is 12.6. The first-order valence-electron chi connectivity index (χ1n) is 7.13. The standard InChI is InChI=1S/C18H18O4/c1-12(10-11-19)16(18(21)22-2)17(20)15-9-5-7-13-6-3-4-8-14(13)15/h3-9,11-12,16H,10H2,1-2H3. The highest BCUT2D eigenvalue weighted by Gasteiger charge is 2.34. The Labute approximate surface area is 129 Å². The number of carbonyl (C=O) groups is 3. The van der Waals surface area contributed by atoms with Crippen LogP contribution in [0.1, 0.15) is 23.7 Å². The van der Waals surface area contributed by atoms with Gasteiger partial charge in [-0.25, -0.2) is 0 Å². The fourth-order valence-corrected chi connectivity index (χ4v) is 2.62. The molecule has 0 radical (unpaired) electrons. The Balaban J connectivity index is 2.49. The zero-order valence-electron chi connectivity index (χ0n) is 12.6. The van der Waals surface area contributed by atoms with Gasteiger partial charge in [-0.05, 0) is 16.7 Å². The van der Waals surface area contributed by atoms with Crippen molar-refractivity contribution >= 4 is 28.8 Å². The number of hydrogen-bond acceptors (Lipinski definition) is 4. The van der Waals surface area contributed by atoms with Gasteiger partial charge in [-0.3, -0.25) is 9.59 Å². The van der Waals surface area contributed by atoms with Crippen LogP contribution in [0.15, 0.2) is 42.5 Å². The number of methoxy groups -OCH3 is 1. The predicted molar refractivity (Wildman–Crippen MR) is 83.6 cm³/mol. The number of benzene rings is 2. The minimum Gasteiger partial charge on any atom is -0.468 e. The van der Waals surface area contributed by atoms with E-state index in [-0.39, 0.29) is 12.2 Å². The Bertz CT molecular complexity index is 700. The van der Waals surface area contributed by atoms with Crippen molar-refractivity contribution in [3.63, 3.8) is 0 Å². The molecule has 0 heterocycles. The predicted octanol–water partition coefficient (Wildman–Crippen LogP) is 3.04. The Morgan fingerprint density at radius 3 is 2.50 bits per heavy atom. The van der Waals surface area contributed by atoms with Crippen LogP contribution in [0.4, 0.5) is 0 Å². The van der Waals surface area contributed by atoms with E-state index in [2.05, 4.69) is 0 Å². The second kappa shape index (κ2) is 6.98. The van der Waals surface area contributed by atoms with Crippen molar-refractivity contribution in [2.75, 3.05) is 7.11 Å².